The van der Waals surface area contributed by atoms with Crippen molar-refractivity contribution in [2.75, 3.05) is 31.7 Å². The number of hydrogen-bond acceptors (Lipinski definition) is 7. The van der Waals surface area contributed by atoms with E-state index in [2.05, 4.69) is 0 Å². The maximum atomic E-state index is 12.8. The summed E-state index contributed by atoms with van der Waals surface area (Å²) in [4.78, 5) is 29.0. The summed E-state index contributed by atoms with van der Waals surface area (Å²) in [6, 6.07) is 7.04. The summed E-state index contributed by atoms with van der Waals surface area (Å²) in [7, 11) is -1.48. The second-order valence-electron chi connectivity index (χ2n) is 7.09. The molecular weight excluding hydrogens is 444 g/mol. The van der Waals surface area contributed by atoms with Crippen molar-refractivity contribution in [2.45, 2.75) is 25.8 Å². The first-order chi connectivity index (χ1) is 14.2. The summed E-state index contributed by atoms with van der Waals surface area (Å²) in [6.45, 7) is 2.45. The lowest BCUT2D eigenvalue weighted by Crippen LogP contribution is -2.42. The molecule has 1 aromatic carbocycles. The van der Waals surface area contributed by atoms with Crippen LogP contribution in [0, 0.1) is 0 Å². The van der Waals surface area contributed by atoms with Crippen molar-refractivity contribution in [3.05, 3.63) is 34.7 Å². The van der Waals surface area contributed by atoms with Gasteiger partial charge >= 0.3 is 0 Å². The molecule has 2 saturated heterocycles. The fourth-order valence-corrected chi connectivity index (χ4v) is 6.59. The summed E-state index contributed by atoms with van der Waals surface area (Å²) >= 11 is 6.55. The van der Waals surface area contributed by atoms with Gasteiger partial charge in [0.25, 0.3) is 5.91 Å². The Morgan fingerprint density at radius 1 is 1.37 bits per heavy atom. The van der Waals surface area contributed by atoms with Crippen LogP contribution in [0.2, 0.25) is 0 Å². The molecule has 0 N–H and O–H groups in total. The molecule has 0 unspecified atom stereocenters. The van der Waals surface area contributed by atoms with Gasteiger partial charge in [0.15, 0.2) is 9.84 Å². The van der Waals surface area contributed by atoms with Crippen molar-refractivity contribution in [1.82, 2.24) is 9.80 Å². The zero-order chi connectivity index (χ0) is 21.9. The molecule has 30 heavy (non-hydrogen) atoms. The standard InChI is InChI=1S/C20H24N2O5S3/c1-3-21(15-9-11-30(25,26)13-15)18(23)8-10-22-19(24)17(29-20(22)28)12-14-4-6-16(27-2)7-5-14/h4-7,12,15H,3,8-11,13H2,1-2H3/b17-12+/t15-/m0/s1. The smallest absolute Gasteiger partial charge is 0.266 e. The van der Waals surface area contributed by atoms with Crippen LogP contribution in [-0.2, 0) is 19.4 Å². The quantitative estimate of drug-likeness (QED) is 0.449. The van der Waals surface area contributed by atoms with E-state index in [4.69, 9.17) is 17.0 Å². The monoisotopic (exact) mass is 468 g/mol. The minimum atomic E-state index is -3.07. The van der Waals surface area contributed by atoms with Crippen LogP contribution in [-0.4, -0.2) is 72.1 Å². The maximum Gasteiger partial charge on any atom is 0.266 e. The first-order valence-electron chi connectivity index (χ1n) is 9.63. The van der Waals surface area contributed by atoms with Crippen molar-refractivity contribution in [3.8, 4) is 5.75 Å². The molecule has 0 radical (unpaired) electrons. The van der Waals surface area contributed by atoms with Gasteiger partial charge in [-0.1, -0.05) is 36.1 Å². The number of hydrogen-bond donors (Lipinski definition) is 0. The molecule has 10 heteroatoms. The van der Waals surface area contributed by atoms with Gasteiger partial charge in [-0.2, -0.15) is 0 Å². The van der Waals surface area contributed by atoms with E-state index >= 15 is 0 Å². The minimum Gasteiger partial charge on any atom is -0.497 e. The highest BCUT2D eigenvalue weighted by molar-refractivity contribution is 8.26. The summed E-state index contributed by atoms with van der Waals surface area (Å²) in [5.74, 6) is 0.478. The molecule has 1 atom stereocenters. The first-order valence-corrected chi connectivity index (χ1v) is 12.7. The highest BCUT2D eigenvalue weighted by Crippen LogP contribution is 2.33. The van der Waals surface area contributed by atoms with Crippen LogP contribution in [0.15, 0.2) is 29.2 Å². The second-order valence-corrected chi connectivity index (χ2v) is 11.0. The summed E-state index contributed by atoms with van der Waals surface area (Å²) in [6.07, 6.45) is 2.34. The van der Waals surface area contributed by atoms with E-state index in [1.54, 1.807) is 18.1 Å². The number of rotatable bonds is 7. The number of thiocarbonyl (C=S) groups is 1. The Kier molecular flexibility index (Phi) is 7.20. The van der Waals surface area contributed by atoms with Crippen LogP contribution >= 0.6 is 24.0 Å². The van der Waals surface area contributed by atoms with E-state index in [0.29, 0.717) is 22.2 Å². The van der Waals surface area contributed by atoms with Crippen molar-refractivity contribution in [1.29, 1.82) is 0 Å². The molecule has 1 aromatic rings. The molecule has 0 aliphatic carbocycles. The van der Waals surface area contributed by atoms with E-state index in [0.717, 1.165) is 11.3 Å². The SMILES string of the molecule is CCN(C(=O)CCN1C(=O)/C(=C\c2ccc(OC)cc2)SC1=S)[C@H]1CCS(=O)(=O)C1. The van der Waals surface area contributed by atoms with Crippen molar-refractivity contribution < 1.29 is 22.7 Å². The molecule has 2 aliphatic heterocycles. The minimum absolute atomic E-state index is 0.0121. The van der Waals surface area contributed by atoms with Gasteiger partial charge < -0.3 is 9.64 Å². The Bertz CT molecular complexity index is 973. The van der Waals surface area contributed by atoms with Gasteiger partial charge in [0.2, 0.25) is 5.91 Å². The highest BCUT2D eigenvalue weighted by Gasteiger charge is 2.35. The lowest BCUT2D eigenvalue weighted by Gasteiger charge is -2.27. The van der Waals surface area contributed by atoms with Crippen LogP contribution in [0.5, 0.6) is 5.75 Å². The Morgan fingerprint density at radius 3 is 2.63 bits per heavy atom. The van der Waals surface area contributed by atoms with Crippen LogP contribution < -0.4 is 4.74 Å². The molecule has 162 valence electrons. The summed E-state index contributed by atoms with van der Waals surface area (Å²) in [5, 5.41) is 0. The first kappa shape index (κ1) is 22.8. The Balaban J connectivity index is 1.62. The van der Waals surface area contributed by atoms with Crippen molar-refractivity contribution in [2.24, 2.45) is 0 Å². The van der Waals surface area contributed by atoms with Crippen LogP contribution in [0.25, 0.3) is 6.08 Å². The molecule has 2 amide bonds. The van der Waals surface area contributed by atoms with Gasteiger partial charge in [0.05, 0.1) is 23.5 Å². The van der Waals surface area contributed by atoms with Gasteiger partial charge in [0, 0.05) is 25.6 Å². The van der Waals surface area contributed by atoms with Crippen molar-refractivity contribution in [3.63, 3.8) is 0 Å². The molecule has 0 saturated carbocycles. The molecular formula is C20H24N2O5S3. The van der Waals surface area contributed by atoms with Crippen LogP contribution in [0.1, 0.15) is 25.3 Å². The molecule has 2 heterocycles. The van der Waals surface area contributed by atoms with Gasteiger partial charge in [-0.15, -0.1) is 0 Å². The zero-order valence-corrected chi connectivity index (χ0v) is 19.3. The normalized spacial score (nSPS) is 22.0. The third-order valence-corrected chi connectivity index (χ3v) is 8.27. The zero-order valence-electron chi connectivity index (χ0n) is 16.9. The van der Waals surface area contributed by atoms with Gasteiger partial charge in [-0.05, 0) is 37.1 Å². The van der Waals surface area contributed by atoms with E-state index in [1.807, 2.05) is 31.2 Å². The fourth-order valence-electron chi connectivity index (χ4n) is 3.55. The van der Waals surface area contributed by atoms with Crippen LogP contribution in [0.3, 0.4) is 0 Å². The number of carbonyl (C=O) groups excluding carboxylic acids is 2. The number of methoxy groups -OCH3 is 1. The number of ether oxygens (including phenoxy) is 1. The summed E-state index contributed by atoms with van der Waals surface area (Å²) in [5.41, 5.74) is 0.854. The van der Waals surface area contributed by atoms with E-state index in [-0.39, 0.29) is 42.3 Å². The molecule has 2 fully saturated rings. The predicted molar refractivity (Wildman–Crippen MR) is 122 cm³/mol. The third-order valence-electron chi connectivity index (χ3n) is 5.15. The number of amides is 2. The van der Waals surface area contributed by atoms with E-state index in [9.17, 15) is 18.0 Å². The molecule has 0 aromatic heterocycles. The number of nitrogens with zero attached hydrogens (tertiary/aromatic N) is 2. The third kappa shape index (κ3) is 5.22. The topological polar surface area (TPSA) is 84.0 Å². The number of carbonyl (C=O) groups is 2. The van der Waals surface area contributed by atoms with Gasteiger partial charge in [-0.3, -0.25) is 14.5 Å². The highest BCUT2D eigenvalue weighted by atomic mass is 32.2. The van der Waals surface area contributed by atoms with Gasteiger partial charge in [0.1, 0.15) is 10.1 Å². The number of sulfone groups is 1. The average molecular weight is 469 g/mol. The van der Waals surface area contributed by atoms with E-state index in [1.165, 1.54) is 16.7 Å². The summed E-state index contributed by atoms with van der Waals surface area (Å²) < 4.78 is 29.0. The maximum absolute atomic E-state index is 12.8. The van der Waals surface area contributed by atoms with Crippen LogP contribution in [0.4, 0.5) is 0 Å². The Hall–Kier alpha value is -1.91. The van der Waals surface area contributed by atoms with Crippen molar-refractivity contribution >= 4 is 56.0 Å². The Labute approximate surface area is 186 Å². The average Bonchev–Trinajstić information content (AvgIpc) is 3.20. The lowest BCUT2D eigenvalue weighted by atomic mass is 10.2. The molecule has 2 aliphatic rings. The number of benzene rings is 1. The molecule has 0 spiro atoms. The predicted octanol–water partition coefficient (Wildman–Crippen LogP) is 2.32. The van der Waals surface area contributed by atoms with E-state index < -0.39 is 9.84 Å². The largest absolute Gasteiger partial charge is 0.497 e. The second kappa shape index (κ2) is 9.49. The lowest BCUT2D eigenvalue weighted by molar-refractivity contribution is -0.133. The molecule has 7 nitrogen and oxygen atoms in total. The fraction of sp³-hybridized carbons (Fsp3) is 0.450. The molecule has 0 bridgehead atoms. The van der Waals surface area contributed by atoms with Gasteiger partial charge in [-0.25, -0.2) is 8.42 Å². The molecule has 3 rings (SSSR count). The number of thioether (sulfide) groups is 1. The Morgan fingerprint density at radius 2 is 2.07 bits per heavy atom.